The third-order valence-electron chi connectivity index (χ3n) is 7.24. The molecule has 0 radical (unpaired) electrons. The average Bonchev–Trinajstić information content (AvgIpc) is 3.25. The van der Waals surface area contributed by atoms with Crippen molar-refractivity contribution in [2.24, 2.45) is 5.92 Å². The van der Waals surface area contributed by atoms with Crippen molar-refractivity contribution in [1.82, 2.24) is 10.2 Å². The van der Waals surface area contributed by atoms with Crippen molar-refractivity contribution < 1.29 is 36.6 Å². The first kappa shape index (κ1) is 29.3. The van der Waals surface area contributed by atoms with Crippen molar-refractivity contribution in [2.75, 3.05) is 32.9 Å². The minimum Gasteiger partial charge on any atom is -0.491 e. The van der Waals surface area contributed by atoms with Crippen LogP contribution in [0.1, 0.15) is 42.5 Å². The van der Waals surface area contributed by atoms with Crippen LogP contribution in [0.3, 0.4) is 0 Å². The summed E-state index contributed by atoms with van der Waals surface area (Å²) >= 11 is 6.66. The Hall–Kier alpha value is -2.69. The van der Waals surface area contributed by atoms with E-state index in [2.05, 4.69) is 5.32 Å². The Morgan fingerprint density at radius 3 is 2.67 bits per heavy atom. The topological polar surface area (TPSA) is 61.8 Å². The molecule has 5 nitrogen and oxygen atoms in total. The van der Waals surface area contributed by atoms with E-state index in [4.69, 9.17) is 16.3 Å². The molecular weight excluding hydrogens is 543 g/mol. The molecule has 0 aromatic heterocycles. The van der Waals surface area contributed by atoms with E-state index >= 15 is 4.39 Å². The van der Waals surface area contributed by atoms with Crippen LogP contribution in [-0.2, 0) is 11.2 Å². The van der Waals surface area contributed by atoms with Gasteiger partial charge in [-0.15, -0.1) is 0 Å². The largest absolute Gasteiger partial charge is 0.491 e. The molecule has 0 saturated heterocycles. The highest BCUT2D eigenvalue weighted by Crippen LogP contribution is 2.53. The molecule has 39 heavy (non-hydrogen) atoms. The van der Waals surface area contributed by atoms with E-state index in [-0.39, 0.29) is 35.8 Å². The molecule has 0 unspecified atom stereocenters. The Labute approximate surface area is 228 Å². The molecule has 0 saturated carbocycles. The molecule has 4 rings (SSSR count). The first-order valence-electron chi connectivity index (χ1n) is 12.8. The van der Waals surface area contributed by atoms with E-state index in [1.54, 1.807) is 18.2 Å². The lowest BCUT2D eigenvalue weighted by Crippen LogP contribution is -2.52. The van der Waals surface area contributed by atoms with E-state index in [9.17, 15) is 27.5 Å². The SMILES string of the molecule is C[C@@H](CN1[C@H](C(F)(F)F)CC2=C(Cc3ccccc32)[C@H]1c1c(F)ccc(OCCNCCCF)c1Cl)C(=O)O. The van der Waals surface area contributed by atoms with Gasteiger partial charge in [-0.05, 0) is 60.2 Å². The van der Waals surface area contributed by atoms with E-state index < -0.39 is 49.2 Å². The highest BCUT2D eigenvalue weighted by molar-refractivity contribution is 6.33. The van der Waals surface area contributed by atoms with Gasteiger partial charge in [-0.1, -0.05) is 42.8 Å². The quantitative estimate of drug-likeness (QED) is 0.247. The third-order valence-corrected chi connectivity index (χ3v) is 7.63. The van der Waals surface area contributed by atoms with E-state index in [1.165, 1.54) is 13.0 Å². The molecule has 0 bridgehead atoms. The fraction of sp³-hybridized carbons (Fsp3) is 0.464. The second-order valence-corrected chi connectivity index (χ2v) is 10.2. The normalized spacial score (nSPS) is 20.1. The van der Waals surface area contributed by atoms with Crippen LogP contribution >= 0.6 is 11.6 Å². The molecule has 1 heterocycles. The average molecular weight is 573 g/mol. The van der Waals surface area contributed by atoms with Crippen molar-refractivity contribution >= 4 is 23.1 Å². The molecule has 0 fully saturated rings. The van der Waals surface area contributed by atoms with Gasteiger partial charge in [-0.2, -0.15) is 13.2 Å². The lowest BCUT2D eigenvalue weighted by atomic mass is 9.83. The predicted molar refractivity (Wildman–Crippen MR) is 138 cm³/mol. The fourth-order valence-electron chi connectivity index (χ4n) is 5.38. The Morgan fingerprint density at radius 1 is 1.23 bits per heavy atom. The van der Waals surface area contributed by atoms with Gasteiger partial charge in [0.1, 0.15) is 24.2 Å². The highest BCUT2D eigenvalue weighted by atomic mass is 35.5. The molecule has 11 heteroatoms. The minimum absolute atomic E-state index is 0.0957. The number of carbonyl (C=O) groups is 1. The second kappa shape index (κ2) is 12.2. The molecule has 0 amide bonds. The molecular formula is C28H30ClF5N2O3. The number of fused-ring (bicyclic) bond motifs is 2. The molecule has 1 aliphatic heterocycles. The summed E-state index contributed by atoms with van der Waals surface area (Å²) in [6.07, 6.45) is -4.46. The summed E-state index contributed by atoms with van der Waals surface area (Å²) in [5.41, 5.74) is 2.38. The maximum Gasteiger partial charge on any atom is 0.404 e. The monoisotopic (exact) mass is 572 g/mol. The Kier molecular flexibility index (Phi) is 9.18. The van der Waals surface area contributed by atoms with Crippen LogP contribution in [0.4, 0.5) is 22.0 Å². The number of hydrogen-bond acceptors (Lipinski definition) is 4. The summed E-state index contributed by atoms with van der Waals surface area (Å²) in [5.74, 6) is -3.12. The molecule has 3 atom stereocenters. The van der Waals surface area contributed by atoms with Crippen LogP contribution in [0.15, 0.2) is 42.0 Å². The number of aliphatic carboxylic acids is 1. The van der Waals surface area contributed by atoms with Crippen LogP contribution in [-0.4, -0.2) is 61.1 Å². The number of ether oxygens (including phenoxy) is 1. The number of nitrogens with zero attached hydrogens (tertiary/aromatic N) is 1. The smallest absolute Gasteiger partial charge is 0.404 e. The number of carboxylic acids is 1. The van der Waals surface area contributed by atoms with Crippen LogP contribution in [0.25, 0.3) is 5.57 Å². The van der Waals surface area contributed by atoms with E-state index in [0.717, 1.165) is 16.5 Å². The first-order valence-corrected chi connectivity index (χ1v) is 13.1. The van der Waals surface area contributed by atoms with Gasteiger partial charge in [-0.25, -0.2) is 4.39 Å². The Morgan fingerprint density at radius 2 is 1.97 bits per heavy atom. The van der Waals surface area contributed by atoms with E-state index in [1.807, 2.05) is 6.07 Å². The maximum atomic E-state index is 15.6. The van der Waals surface area contributed by atoms with Crippen LogP contribution in [0, 0.1) is 11.7 Å². The number of alkyl halides is 4. The van der Waals surface area contributed by atoms with Gasteiger partial charge in [-0.3, -0.25) is 14.1 Å². The van der Waals surface area contributed by atoms with Gasteiger partial charge in [0.15, 0.2) is 0 Å². The minimum atomic E-state index is -4.71. The van der Waals surface area contributed by atoms with Crippen molar-refractivity contribution in [3.05, 3.63) is 69.5 Å². The van der Waals surface area contributed by atoms with Crippen LogP contribution in [0.2, 0.25) is 5.02 Å². The van der Waals surface area contributed by atoms with Gasteiger partial charge in [0, 0.05) is 18.7 Å². The van der Waals surface area contributed by atoms with Crippen LogP contribution in [0.5, 0.6) is 5.75 Å². The second-order valence-electron chi connectivity index (χ2n) is 9.85. The summed E-state index contributed by atoms with van der Waals surface area (Å²) in [6, 6.07) is 6.23. The van der Waals surface area contributed by atoms with Gasteiger partial charge < -0.3 is 15.2 Å². The molecule has 2 N–H and O–H groups in total. The lowest BCUT2D eigenvalue weighted by Gasteiger charge is -2.45. The number of hydrogen-bond donors (Lipinski definition) is 2. The van der Waals surface area contributed by atoms with Gasteiger partial charge in [0.2, 0.25) is 0 Å². The zero-order valence-corrected chi connectivity index (χ0v) is 22.1. The zero-order valence-electron chi connectivity index (χ0n) is 21.3. The molecule has 2 aliphatic rings. The standard InChI is InChI=1S/C28H30ClF5N2O3/c1-16(27(37)38)15-36-23(28(32,33)34)14-19-18-6-3-2-5-17(18)13-20(19)26(36)24-21(31)7-8-22(25(24)29)39-12-11-35-10-4-9-30/h2-3,5-8,16,23,26,35H,4,9-15H2,1H3,(H,37,38)/t16-,23-,26-/m0/s1. The van der Waals surface area contributed by atoms with Crippen molar-refractivity contribution in [3.63, 3.8) is 0 Å². The Balaban J connectivity index is 1.79. The summed E-state index contributed by atoms with van der Waals surface area (Å²) in [7, 11) is 0. The number of benzene rings is 2. The molecule has 2 aromatic rings. The number of halogens is 6. The zero-order chi connectivity index (χ0) is 28.3. The lowest BCUT2D eigenvalue weighted by molar-refractivity contribution is -0.191. The molecule has 1 aliphatic carbocycles. The predicted octanol–water partition coefficient (Wildman–Crippen LogP) is 6.22. The maximum absolute atomic E-state index is 15.6. The molecule has 2 aromatic carbocycles. The summed E-state index contributed by atoms with van der Waals surface area (Å²) in [5, 5.41) is 12.4. The molecule has 0 spiro atoms. The number of nitrogens with one attached hydrogen (secondary N) is 1. The van der Waals surface area contributed by atoms with Crippen molar-refractivity contribution in [2.45, 2.75) is 44.4 Å². The van der Waals surface area contributed by atoms with Crippen molar-refractivity contribution in [3.8, 4) is 5.75 Å². The third kappa shape index (κ3) is 6.23. The van der Waals surface area contributed by atoms with Crippen molar-refractivity contribution in [1.29, 1.82) is 0 Å². The number of carboxylic acid groups (broad SMARTS) is 1. The van der Waals surface area contributed by atoms with Gasteiger partial charge in [0.25, 0.3) is 0 Å². The van der Waals surface area contributed by atoms with E-state index in [0.29, 0.717) is 36.2 Å². The summed E-state index contributed by atoms with van der Waals surface area (Å²) < 4.78 is 77.2. The van der Waals surface area contributed by atoms with Gasteiger partial charge in [0.05, 0.1) is 23.7 Å². The Bertz CT molecular complexity index is 1240. The fourth-order valence-corrected chi connectivity index (χ4v) is 5.69. The van der Waals surface area contributed by atoms with Gasteiger partial charge >= 0.3 is 12.1 Å². The summed E-state index contributed by atoms with van der Waals surface area (Å²) in [6.45, 7) is 1.32. The highest BCUT2D eigenvalue weighted by Gasteiger charge is 2.52. The summed E-state index contributed by atoms with van der Waals surface area (Å²) in [4.78, 5) is 12.8. The first-order chi connectivity index (χ1) is 18.5. The molecule has 212 valence electrons. The number of rotatable bonds is 11. The van der Waals surface area contributed by atoms with Crippen LogP contribution < -0.4 is 10.1 Å².